The molecule has 70 heavy (non-hydrogen) atoms. The third kappa shape index (κ3) is 36.1. The molecule has 19 nitrogen and oxygen atoms in total. The van der Waals surface area contributed by atoms with Gasteiger partial charge in [-0.2, -0.15) is 0 Å². The van der Waals surface area contributed by atoms with Crippen LogP contribution in [-0.2, 0) is 56.0 Å². The fourth-order valence-electron chi connectivity index (χ4n) is 6.98. The maximum Gasteiger partial charge on any atom is 0.427 e. The number of cyclic esters (lactones) is 3. The van der Waals surface area contributed by atoms with E-state index in [1.54, 1.807) is 6.08 Å². The number of carbonyl (C=O) groups excluding carboxylic acids is 5. The number of isocyanates is 2. The molecule has 0 radical (unpaired) electrons. The summed E-state index contributed by atoms with van der Waals surface area (Å²) in [7, 11) is 0. The Labute approximate surface area is 413 Å². The first-order chi connectivity index (χ1) is 33.6. The molecule has 0 aromatic carbocycles. The number of rotatable bonds is 21. The van der Waals surface area contributed by atoms with E-state index in [9.17, 15) is 38.4 Å². The first-order valence-corrected chi connectivity index (χ1v) is 24.7. The Morgan fingerprint density at radius 1 is 0.629 bits per heavy atom. The average molecular weight is 985 g/mol. The molecule has 4 saturated heterocycles. The van der Waals surface area contributed by atoms with Gasteiger partial charge in [-0.3, -0.25) is 14.4 Å². The number of hydrogen-bond donors (Lipinski definition) is 0. The Morgan fingerprint density at radius 2 is 1.14 bits per heavy atom. The van der Waals surface area contributed by atoms with Crippen molar-refractivity contribution in [2.75, 3.05) is 46.0 Å². The van der Waals surface area contributed by atoms with E-state index < -0.39 is 17.2 Å². The highest BCUT2D eigenvalue weighted by atomic mass is 16.6. The van der Waals surface area contributed by atoms with Crippen LogP contribution in [0.5, 0.6) is 0 Å². The number of ether oxygens (including phenoxy) is 4. The summed E-state index contributed by atoms with van der Waals surface area (Å²) in [5, 5.41) is 0. The van der Waals surface area contributed by atoms with Crippen LogP contribution in [0.2, 0.25) is 0 Å². The Bertz CT molecular complexity index is 1950. The van der Waals surface area contributed by atoms with Crippen LogP contribution in [-0.4, -0.2) is 103 Å². The second-order valence-electron chi connectivity index (χ2n) is 17.8. The molecule has 4 fully saturated rings. The summed E-state index contributed by atoms with van der Waals surface area (Å²) in [4.78, 5) is 102. The van der Waals surface area contributed by atoms with Crippen LogP contribution >= 0.6 is 0 Å². The number of nitrogens with zero attached hydrogens (tertiary/aromatic N) is 6. The molecule has 5 heterocycles. The van der Waals surface area contributed by atoms with Crippen molar-refractivity contribution in [1.82, 2.24) is 9.13 Å². The molecule has 4 aliphatic rings. The number of hydrogen-bond acceptors (Lipinski definition) is 17. The monoisotopic (exact) mass is 985 g/mol. The molecule has 0 spiro atoms. The van der Waals surface area contributed by atoms with Crippen molar-refractivity contribution in [2.24, 2.45) is 31.3 Å². The molecule has 0 amide bonds. The minimum atomic E-state index is -0.922. The Hall–Kier alpha value is -5.98. The fraction of sp³-hybridized carbons (Fsp3) is 0.725. The number of unbranched alkanes of at least 4 members (excludes halogenated alkanes) is 6. The Balaban J connectivity index is 0.000000916. The van der Waals surface area contributed by atoms with E-state index in [-0.39, 0.29) is 42.5 Å². The summed E-state index contributed by atoms with van der Waals surface area (Å²) < 4.78 is 25.7. The molecule has 1 aromatic heterocycles. The molecule has 2 unspecified atom stereocenters. The lowest BCUT2D eigenvalue weighted by molar-refractivity contribution is -0.146. The predicted octanol–water partition coefficient (Wildman–Crippen LogP) is 7.74. The zero-order valence-electron chi connectivity index (χ0n) is 42.5. The van der Waals surface area contributed by atoms with E-state index in [1.807, 2.05) is 6.92 Å². The second-order valence-corrected chi connectivity index (χ2v) is 17.8. The minimum Gasteiger partial charge on any atom is -0.499 e. The van der Waals surface area contributed by atoms with Crippen molar-refractivity contribution >= 4 is 41.8 Å². The largest absolute Gasteiger partial charge is 0.499 e. The molecular formula is C51H80N6O13. The molecule has 0 bridgehead atoms. The van der Waals surface area contributed by atoms with Crippen LogP contribution in [0.15, 0.2) is 64.3 Å². The van der Waals surface area contributed by atoms with Gasteiger partial charge in [-0.15, -0.1) is 0 Å². The molecule has 19 heteroatoms. The molecule has 5 rings (SSSR count). The van der Waals surface area contributed by atoms with E-state index in [2.05, 4.69) is 81.4 Å². The van der Waals surface area contributed by atoms with Gasteiger partial charge in [0.2, 0.25) is 12.2 Å². The number of aromatic nitrogens is 2. The summed E-state index contributed by atoms with van der Waals surface area (Å²) in [6, 6.07) is 0. The molecule has 0 aliphatic carbocycles. The average Bonchev–Trinajstić information content (AvgIpc) is 3.89. The maximum atomic E-state index is 12.4. The third-order valence-electron chi connectivity index (χ3n) is 10.7. The standard InChI is InChI=1S/C18H26N4O5.C12H20N2O.C6H10O2.2C5H8O2.C5H8O/c1-2-19-11-7-3-5-9-13-21-16(24)22(18(26)27-17(21)25)14-10-6-4-8-12-20-15-23;1-5-13-9-12(3,4)8-11(2)6-7-14-10-15;7-6-4-2-1-3-5-8-6;1-4-2-3-5(6)7-4;6-5-3-1-2-4-7-5;1-5-3-2-4-6-5/h1,3-14H2;11H,1,6-9H2,2-4H3;1-5H2;4H,2-3H2,1H3;1-4H2;1-4H2. The summed E-state index contributed by atoms with van der Waals surface area (Å²) in [5.74, 6) is 4.57. The first kappa shape index (κ1) is 64.0. The van der Waals surface area contributed by atoms with Gasteiger partial charge < -0.3 is 23.4 Å². The zero-order chi connectivity index (χ0) is 52.3. The summed E-state index contributed by atoms with van der Waals surface area (Å²) in [5.41, 5.74) is -0.465. The molecule has 0 saturated carbocycles. The number of carbonyl (C=O) groups is 3. The molecule has 2 atom stereocenters. The maximum absolute atomic E-state index is 12.4. The molecule has 0 N–H and O–H groups in total. The Kier molecular flexibility index (Phi) is 38.4. The van der Waals surface area contributed by atoms with Crippen LogP contribution in [0.4, 0.5) is 0 Å². The third-order valence-corrected chi connectivity index (χ3v) is 10.7. The van der Waals surface area contributed by atoms with Crippen LogP contribution in [0, 0.1) is 11.3 Å². The number of aliphatic imine (C=N–C) groups is 4. The van der Waals surface area contributed by atoms with Crippen LogP contribution in [0.3, 0.4) is 0 Å². The highest BCUT2D eigenvalue weighted by Crippen LogP contribution is 2.27. The van der Waals surface area contributed by atoms with Gasteiger partial charge in [-0.1, -0.05) is 53.0 Å². The van der Waals surface area contributed by atoms with Crippen molar-refractivity contribution in [3.63, 3.8) is 0 Å². The Morgan fingerprint density at radius 3 is 1.59 bits per heavy atom. The van der Waals surface area contributed by atoms with Crippen molar-refractivity contribution < 1.29 is 47.3 Å². The fourth-order valence-corrected chi connectivity index (χ4v) is 6.98. The van der Waals surface area contributed by atoms with Crippen LogP contribution in [0.1, 0.15) is 163 Å². The lowest BCUT2D eigenvalue weighted by atomic mass is 9.82. The lowest BCUT2D eigenvalue weighted by Crippen LogP contribution is -2.46. The number of allylic oxidation sites excluding steroid dienone is 1. The molecule has 392 valence electrons. The highest BCUT2D eigenvalue weighted by molar-refractivity contribution is 5.71. The van der Waals surface area contributed by atoms with Crippen LogP contribution < -0.4 is 17.2 Å². The van der Waals surface area contributed by atoms with Crippen molar-refractivity contribution in [1.29, 1.82) is 0 Å². The first-order valence-electron chi connectivity index (χ1n) is 24.7. The van der Waals surface area contributed by atoms with Gasteiger partial charge in [-0.25, -0.2) is 53.1 Å². The normalized spacial score (nSPS) is 16.1. The van der Waals surface area contributed by atoms with E-state index >= 15 is 0 Å². The summed E-state index contributed by atoms with van der Waals surface area (Å²) in [6.45, 7) is 23.9. The summed E-state index contributed by atoms with van der Waals surface area (Å²) >= 11 is 0. The molecule has 1 aromatic rings. The smallest absolute Gasteiger partial charge is 0.427 e. The van der Waals surface area contributed by atoms with Gasteiger partial charge in [0.15, 0.2) is 0 Å². The van der Waals surface area contributed by atoms with E-state index in [1.165, 1.54) is 12.5 Å². The van der Waals surface area contributed by atoms with Gasteiger partial charge >= 0.3 is 35.1 Å². The highest BCUT2D eigenvalue weighted by Gasteiger charge is 2.20. The van der Waals surface area contributed by atoms with Crippen LogP contribution in [0.25, 0.3) is 0 Å². The second kappa shape index (κ2) is 41.9. The zero-order valence-corrected chi connectivity index (χ0v) is 42.5. The number of esters is 3. The summed E-state index contributed by atoms with van der Waals surface area (Å²) in [6.07, 6.45) is 21.7. The van der Waals surface area contributed by atoms with E-state index in [0.717, 1.165) is 124 Å². The lowest BCUT2D eigenvalue weighted by Gasteiger charge is -2.25. The van der Waals surface area contributed by atoms with Crippen molar-refractivity contribution in [3.05, 3.63) is 57.1 Å². The topological polar surface area (TPSA) is 246 Å². The van der Waals surface area contributed by atoms with Gasteiger partial charge in [0.05, 0.1) is 51.3 Å². The van der Waals surface area contributed by atoms with E-state index in [0.29, 0.717) is 70.9 Å². The quantitative estimate of drug-likeness (QED) is 0.0377. The van der Waals surface area contributed by atoms with Crippen molar-refractivity contribution in [2.45, 2.75) is 182 Å². The van der Waals surface area contributed by atoms with Gasteiger partial charge in [0.25, 0.3) is 0 Å². The molecule has 4 aliphatic heterocycles. The van der Waals surface area contributed by atoms with Gasteiger partial charge in [0.1, 0.15) is 0 Å². The minimum absolute atomic E-state index is 0.0255. The van der Waals surface area contributed by atoms with E-state index in [4.69, 9.17) is 14.2 Å². The SMILES string of the molecule is C=C1CCCO1.C=C=NCC(C)(C)CC(C)CCN=C=O.C=C=NCCCCCCn1c(=O)oc(=O)n(CCCCCCN=C=O)c1=O.CC1CCC(=O)O1.O=C1CCCCCO1.O=C1CCCCO1. The van der Waals surface area contributed by atoms with Crippen molar-refractivity contribution in [3.8, 4) is 0 Å². The predicted molar refractivity (Wildman–Crippen MR) is 268 cm³/mol. The molecular weight excluding hydrogens is 905 g/mol. The van der Waals surface area contributed by atoms with Gasteiger partial charge in [-0.05, 0) is 127 Å². The van der Waals surface area contributed by atoms with Gasteiger partial charge in [0, 0.05) is 45.3 Å².